The quantitative estimate of drug-likeness (QED) is 0.594. The minimum atomic E-state index is 0.0628. The summed E-state index contributed by atoms with van der Waals surface area (Å²) in [5.74, 6) is 0.579. The fraction of sp³-hybridized carbons (Fsp3) is 0.381. The van der Waals surface area contributed by atoms with Gasteiger partial charge in [-0.2, -0.15) is 0 Å². The molecule has 146 valence electrons. The number of nitrogens with two attached hydrogens (primary N) is 1. The molecule has 0 radical (unpaired) electrons. The Balaban J connectivity index is 1.47. The van der Waals surface area contributed by atoms with Crippen LogP contribution in [0, 0.1) is 5.41 Å². The normalized spacial score (nSPS) is 24.6. The average Bonchev–Trinajstić information content (AvgIpc) is 2.70. The monoisotopic (exact) mass is 379 g/mol. The van der Waals surface area contributed by atoms with Gasteiger partial charge < -0.3 is 26.3 Å². The number of allylic oxidation sites excluding steroid dienone is 1. The van der Waals surface area contributed by atoms with E-state index in [2.05, 4.69) is 15.5 Å². The fourth-order valence-electron chi connectivity index (χ4n) is 4.16. The van der Waals surface area contributed by atoms with E-state index in [0.29, 0.717) is 40.4 Å². The highest BCUT2D eigenvalue weighted by atomic mass is 16.5. The van der Waals surface area contributed by atoms with Crippen LogP contribution in [0.2, 0.25) is 0 Å². The Bertz CT molecular complexity index is 869. The van der Waals surface area contributed by atoms with Crippen LogP contribution < -0.4 is 15.8 Å². The molecule has 2 aromatic rings. The van der Waals surface area contributed by atoms with Crippen LogP contribution in [0.15, 0.2) is 36.5 Å². The first kappa shape index (κ1) is 18.4. The lowest BCUT2D eigenvalue weighted by Crippen LogP contribution is -2.51. The molecule has 2 aliphatic rings. The lowest BCUT2D eigenvalue weighted by molar-refractivity contribution is 0.0881. The number of ether oxygens (including phenoxy) is 1. The van der Waals surface area contributed by atoms with E-state index in [0.717, 1.165) is 19.1 Å². The Morgan fingerprint density at radius 1 is 1.18 bits per heavy atom. The summed E-state index contributed by atoms with van der Waals surface area (Å²) in [6.45, 7) is 0. The van der Waals surface area contributed by atoms with Gasteiger partial charge in [-0.25, -0.2) is 0 Å². The average molecular weight is 379 g/mol. The molecule has 0 saturated carbocycles. The summed E-state index contributed by atoms with van der Waals surface area (Å²) in [6, 6.07) is 9.81. The third-order valence-electron chi connectivity index (χ3n) is 5.54. The Kier molecular flexibility index (Phi) is 5.25. The SMILES string of the molecule is N=C/C(=C\N)c1ccc(-c2ccc(OC3CC4CCCC(C3)N4)nn2)c(O)c1. The summed E-state index contributed by atoms with van der Waals surface area (Å²) < 4.78 is 6.07. The minimum absolute atomic E-state index is 0.0628. The van der Waals surface area contributed by atoms with Crippen molar-refractivity contribution in [3.63, 3.8) is 0 Å². The van der Waals surface area contributed by atoms with Crippen molar-refractivity contribution in [3.8, 4) is 22.9 Å². The number of hydrogen-bond donors (Lipinski definition) is 4. The van der Waals surface area contributed by atoms with Crippen molar-refractivity contribution in [1.82, 2.24) is 15.5 Å². The van der Waals surface area contributed by atoms with E-state index in [4.69, 9.17) is 15.9 Å². The van der Waals surface area contributed by atoms with Gasteiger partial charge in [0, 0.05) is 41.7 Å². The number of nitrogens with zero attached hydrogens (tertiary/aromatic N) is 2. The van der Waals surface area contributed by atoms with Crippen LogP contribution in [0.5, 0.6) is 11.6 Å². The van der Waals surface area contributed by atoms with Crippen LogP contribution in [0.1, 0.15) is 37.7 Å². The van der Waals surface area contributed by atoms with E-state index in [1.807, 2.05) is 0 Å². The summed E-state index contributed by atoms with van der Waals surface area (Å²) in [7, 11) is 0. The predicted octanol–water partition coefficient (Wildman–Crippen LogP) is 2.85. The largest absolute Gasteiger partial charge is 0.507 e. The van der Waals surface area contributed by atoms with Crippen molar-refractivity contribution in [2.45, 2.75) is 50.3 Å². The Hall–Kier alpha value is -2.93. The van der Waals surface area contributed by atoms with Gasteiger partial charge in [-0.3, -0.25) is 0 Å². The summed E-state index contributed by atoms with van der Waals surface area (Å²) in [5.41, 5.74) is 7.83. The number of rotatable bonds is 5. The second-order valence-electron chi connectivity index (χ2n) is 7.46. The smallest absolute Gasteiger partial charge is 0.233 e. The number of aromatic hydroxyl groups is 1. The van der Waals surface area contributed by atoms with E-state index in [-0.39, 0.29) is 11.9 Å². The summed E-state index contributed by atoms with van der Waals surface area (Å²) in [6.07, 6.45) is 8.40. The van der Waals surface area contributed by atoms with Crippen molar-refractivity contribution in [2.75, 3.05) is 0 Å². The molecule has 1 aromatic heterocycles. The number of aromatic nitrogens is 2. The molecule has 2 unspecified atom stereocenters. The first-order valence-electron chi connectivity index (χ1n) is 9.69. The molecule has 2 aliphatic heterocycles. The van der Waals surface area contributed by atoms with Crippen LogP contribution in [0.25, 0.3) is 16.8 Å². The second kappa shape index (κ2) is 7.98. The Morgan fingerprint density at radius 3 is 2.57 bits per heavy atom. The van der Waals surface area contributed by atoms with Crippen molar-refractivity contribution in [1.29, 1.82) is 5.41 Å². The predicted molar refractivity (Wildman–Crippen MR) is 108 cm³/mol. The van der Waals surface area contributed by atoms with Gasteiger partial charge in [-0.1, -0.05) is 12.5 Å². The van der Waals surface area contributed by atoms with Gasteiger partial charge in [0.15, 0.2) is 0 Å². The highest BCUT2D eigenvalue weighted by Crippen LogP contribution is 2.31. The van der Waals surface area contributed by atoms with Crippen LogP contribution in [-0.2, 0) is 0 Å². The van der Waals surface area contributed by atoms with Gasteiger partial charge in [0.1, 0.15) is 11.9 Å². The van der Waals surface area contributed by atoms with Gasteiger partial charge in [0.25, 0.3) is 0 Å². The summed E-state index contributed by atoms with van der Waals surface area (Å²) in [5, 5.41) is 29.8. The van der Waals surface area contributed by atoms with Crippen LogP contribution in [0.3, 0.4) is 0 Å². The molecule has 2 fully saturated rings. The molecule has 0 aliphatic carbocycles. The van der Waals surface area contributed by atoms with Gasteiger partial charge in [-0.15, -0.1) is 10.2 Å². The number of benzene rings is 1. The van der Waals surface area contributed by atoms with Gasteiger partial charge in [0.05, 0.1) is 5.69 Å². The van der Waals surface area contributed by atoms with E-state index in [1.165, 1.54) is 25.5 Å². The highest BCUT2D eigenvalue weighted by molar-refractivity contribution is 6.08. The molecule has 0 amide bonds. The molecule has 4 rings (SSSR count). The third kappa shape index (κ3) is 3.84. The molecule has 2 atom stereocenters. The van der Waals surface area contributed by atoms with Crippen LogP contribution in [0.4, 0.5) is 0 Å². The van der Waals surface area contributed by atoms with Gasteiger partial charge in [-0.05, 0) is 49.4 Å². The van der Waals surface area contributed by atoms with Gasteiger partial charge in [0.2, 0.25) is 5.88 Å². The van der Waals surface area contributed by atoms with E-state index in [9.17, 15) is 5.11 Å². The van der Waals surface area contributed by atoms with Crippen molar-refractivity contribution in [3.05, 3.63) is 42.1 Å². The van der Waals surface area contributed by atoms with Crippen LogP contribution >= 0.6 is 0 Å². The second-order valence-corrected chi connectivity index (χ2v) is 7.46. The third-order valence-corrected chi connectivity index (χ3v) is 5.54. The Labute approximate surface area is 164 Å². The fourth-order valence-corrected chi connectivity index (χ4v) is 4.16. The zero-order valence-corrected chi connectivity index (χ0v) is 15.6. The topological polar surface area (TPSA) is 117 Å². The zero-order chi connectivity index (χ0) is 19.5. The summed E-state index contributed by atoms with van der Waals surface area (Å²) in [4.78, 5) is 0. The standard InChI is InChI=1S/C21H25N5O2/c22-11-14(12-23)13-4-5-18(20(27)8-13)19-6-7-21(26-25-19)28-17-9-15-2-1-3-16(10-17)24-15/h4-8,11-12,15-17,22,24,27H,1-3,9-10,23H2/b14-12+,22-11?. The van der Waals surface area contributed by atoms with Crippen LogP contribution in [-0.4, -0.2) is 39.7 Å². The molecule has 3 heterocycles. The molecule has 28 heavy (non-hydrogen) atoms. The molecule has 7 heteroatoms. The lowest BCUT2D eigenvalue weighted by atomic mass is 9.85. The Morgan fingerprint density at radius 2 is 1.96 bits per heavy atom. The number of fused-ring (bicyclic) bond motifs is 2. The maximum atomic E-state index is 10.4. The summed E-state index contributed by atoms with van der Waals surface area (Å²) >= 11 is 0. The maximum absolute atomic E-state index is 10.4. The van der Waals surface area contributed by atoms with E-state index in [1.54, 1.807) is 30.3 Å². The number of phenols is 1. The lowest BCUT2D eigenvalue weighted by Gasteiger charge is -2.39. The molecular formula is C21H25N5O2. The van der Waals surface area contributed by atoms with Crippen molar-refractivity contribution in [2.24, 2.45) is 5.73 Å². The van der Waals surface area contributed by atoms with E-state index < -0.39 is 0 Å². The minimum Gasteiger partial charge on any atom is -0.507 e. The number of hydrogen-bond acceptors (Lipinski definition) is 7. The molecule has 5 N–H and O–H groups in total. The molecule has 2 bridgehead atoms. The maximum Gasteiger partial charge on any atom is 0.233 e. The number of nitrogens with one attached hydrogen (secondary N) is 2. The number of phenolic OH excluding ortho intramolecular Hbond substituents is 1. The molecular weight excluding hydrogens is 354 g/mol. The molecule has 7 nitrogen and oxygen atoms in total. The van der Waals surface area contributed by atoms with Gasteiger partial charge >= 0.3 is 0 Å². The first-order valence-corrected chi connectivity index (χ1v) is 9.69. The van der Waals surface area contributed by atoms with Crippen molar-refractivity contribution < 1.29 is 9.84 Å². The van der Waals surface area contributed by atoms with E-state index >= 15 is 0 Å². The molecule has 1 aromatic carbocycles. The van der Waals surface area contributed by atoms with Crippen molar-refractivity contribution >= 4 is 11.8 Å². The molecule has 2 saturated heterocycles. The first-order chi connectivity index (χ1) is 13.7. The number of piperidine rings is 2. The highest BCUT2D eigenvalue weighted by Gasteiger charge is 2.32. The molecule has 0 spiro atoms. The zero-order valence-electron chi connectivity index (χ0n) is 15.6.